The first kappa shape index (κ1) is 22.8. The van der Waals surface area contributed by atoms with Crippen molar-refractivity contribution in [3.05, 3.63) is 41.9 Å². The molecule has 170 valence electrons. The van der Waals surface area contributed by atoms with Crippen LogP contribution in [-0.4, -0.2) is 53.1 Å². The lowest BCUT2D eigenvalue weighted by molar-refractivity contribution is 0.0194. The third-order valence-electron chi connectivity index (χ3n) is 5.16. The molecule has 0 spiro atoms. The molecule has 3 rings (SSSR count). The van der Waals surface area contributed by atoms with E-state index in [1.165, 1.54) is 6.42 Å². The maximum atomic E-state index is 5.83. The van der Waals surface area contributed by atoms with E-state index in [2.05, 4.69) is 10.6 Å². The fraction of sp³-hybridized carbons (Fsp3) is 0.522. The molecule has 0 aliphatic carbocycles. The number of guanidine groups is 1. The minimum atomic E-state index is 0.215. The van der Waals surface area contributed by atoms with Gasteiger partial charge in [0.15, 0.2) is 17.5 Å². The fourth-order valence-electron chi connectivity index (χ4n) is 3.51. The van der Waals surface area contributed by atoms with E-state index in [-0.39, 0.29) is 6.10 Å². The van der Waals surface area contributed by atoms with Crippen LogP contribution in [-0.2, 0) is 17.7 Å². The summed E-state index contributed by atoms with van der Waals surface area (Å²) in [6, 6.07) is 7.69. The largest absolute Gasteiger partial charge is 0.493 e. The predicted octanol–water partition coefficient (Wildman–Crippen LogP) is 3.15. The van der Waals surface area contributed by atoms with Gasteiger partial charge in [0.25, 0.3) is 0 Å². The van der Waals surface area contributed by atoms with Crippen molar-refractivity contribution in [3.8, 4) is 17.2 Å². The maximum absolute atomic E-state index is 5.83. The highest BCUT2D eigenvalue weighted by atomic mass is 16.5. The minimum absolute atomic E-state index is 0.215. The van der Waals surface area contributed by atoms with Gasteiger partial charge in [0, 0.05) is 26.1 Å². The second kappa shape index (κ2) is 12.1. The number of nitrogens with one attached hydrogen (secondary N) is 2. The molecule has 1 aromatic heterocycles. The van der Waals surface area contributed by atoms with Gasteiger partial charge in [-0.1, -0.05) is 0 Å². The van der Waals surface area contributed by atoms with Crippen LogP contribution in [0.2, 0.25) is 0 Å². The highest BCUT2D eigenvalue weighted by Gasteiger charge is 2.15. The number of ether oxygens (including phenoxy) is 4. The van der Waals surface area contributed by atoms with E-state index in [1.807, 2.05) is 24.3 Å². The quantitative estimate of drug-likeness (QED) is 0.441. The minimum Gasteiger partial charge on any atom is -0.493 e. The van der Waals surface area contributed by atoms with E-state index in [1.54, 1.807) is 27.6 Å². The van der Waals surface area contributed by atoms with Crippen molar-refractivity contribution in [2.45, 2.75) is 38.3 Å². The molecule has 1 aliphatic rings. The Balaban J connectivity index is 1.67. The summed E-state index contributed by atoms with van der Waals surface area (Å²) in [5.41, 5.74) is 0.954. The molecule has 1 saturated heterocycles. The average molecular weight is 432 g/mol. The molecule has 2 N–H and O–H groups in total. The van der Waals surface area contributed by atoms with Gasteiger partial charge in [-0.3, -0.25) is 0 Å². The fourth-order valence-corrected chi connectivity index (χ4v) is 3.51. The molecular formula is C23H33N3O5. The third kappa shape index (κ3) is 6.82. The van der Waals surface area contributed by atoms with Crippen molar-refractivity contribution in [1.82, 2.24) is 10.6 Å². The van der Waals surface area contributed by atoms with Crippen molar-refractivity contribution in [3.63, 3.8) is 0 Å². The van der Waals surface area contributed by atoms with E-state index >= 15 is 0 Å². The van der Waals surface area contributed by atoms with E-state index in [4.69, 9.17) is 28.4 Å². The van der Waals surface area contributed by atoms with Gasteiger partial charge in [-0.2, -0.15) is 0 Å². The van der Waals surface area contributed by atoms with Gasteiger partial charge >= 0.3 is 0 Å². The van der Waals surface area contributed by atoms with Crippen molar-refractivity contribution in [2.75, 3.05) is 41.0 Å². The van der Waals surface area contributed by atoms with Gasteiger partial charge in [-0.05, 0) is 49.1 Å². The van der Waals surface area contributed by atoms with Crippen LogP contribution >= 0.6 is 0 Å². The zero-order valence-corrected chi connectivity index (χ0v) is 18.6. The van der Waals surface area contributed by atoms with Crippen molar-refractivity contribution < 1.29 is 23.4 Å². The molecule has 0 bridgehead atoms. The third-order valence-corrected chi connectivity index (χ3v) is 5.16. The Morgan fingerprint density at radius 1 is 1.10 bits per heavy atom. The van der Waals surface area contributed by atoms with E-state index in [9.17, 15) is 0 Å². The van der Waals surface area contributed by atoms with E-state index < -0.39 is 0 Å². The number of nitrogens with zero attached hydrogens (tertiary/aromatic N) is 1. The molecule has 1 aliphatic heterocycles. The Hall–Kier alpha value is -2.87. The second-order valence-electron chi connectivity index (χ2n) is 7.32. The summed E-state index contributed by atoms with van der Waals surface area (Å²) in [5, 5.41) is 6.80. The highest BCUT2D eigenvalue weighted by Crippen LogP contribution is 2.38. The smallest absolute Gasteiger partial charge is 0.203 e. The Labute approximate surface area is 183 Å². The van der Waals surface area contributed by atoms with Gasteiger partial charge in [-0.25, -0.2) is 4.99 Å². The summed E-state index contributed by atoms with van der Waals surface area (Å²) >= 11 is 0. The Kier molecular flexibility index (Phi) is 8.90. The first-order chi connectivity index (χ1) is 15.2. The molecule has 8 heteroatoms. The molecule has 2 heterocycles. The predicted molar refractivity (Wildman–Crippen MR) is 119 cm³/mol. The number of furan rings is 1. The van der Waals surface area contributed by atoms with E-state index in [0.29, 0.717) is 30.3 Å². The van der Waals surface area contributed by atoms with Crippen LogP contribution in [0.5, 0.6) is 17.2 Å². The number of aliphatic imine (C=N–C) groups is 1. The standard InChI is InChI=1S/C23H33N3O5/c1-27-20-13-17(14-21(28-2)22(20)29-3)15-25-23(24-10-9-18-8-6-12-30-18)26-16-19-7-4-5-11-31-19/h6,8,12-14,19H,4-5,7,9-11,15-16H2,1-3H3,(H2,24,25,26). The summed E-state index contributed by atoms with van der Waals surface area (Å²) in [4.78, 5) is 4.76. The molecule has 0 saturated carbocycles. The monoisotopic (exact) mass is 431 g/mol. The SMILES string of the molecule is COc1cc(CN=C(NCCc2ccco2)NCC2CCCCO2)cc(OC)c1OC. The molecule has 1 unspecified atom stereocenters. The Bertz CT molecular complexity index is 792. The number of benzene rings is 1. The van der Waals surface area contributed by atoms with Gasteiger partial charge < -0.3 is 34.0 Å². The number of rotatable bonds is 10. The second-order valence-corrected chi connectivity index (χ2v) is 7.32. The zero-order chi connectivity index (χ0) is 21.9. The molecule has 2 aromatic rings. The summed E-state index contributed by atoms with van der Waals surface area (Å²) in [6.45, 7) is 2.72. The number of hydrogen-bond acceptors (Lipinski definition) is 6. The van der Waals surface area contributed by atoms with Crippen molar-refractivity contribution in [2.24, 2.45) is 4.99 Å². The molecule has 1 aromatic carbocycles. The van der Waals surface area contributed by atoms with Crippen LogP contribution in [0.15, 0.2) is 39.9 Å². The average Bonchev–Trinajstić information content (AvgIpc) is 3.33. The summed E-state index contributed by atoms with van der Waals surface area (Å²) in [5.74, 6) is 3.47. The summed E-state index contributed by atoms with van der Waals surface area (Å²) in [6.07, 6.45) is 6.09. The van der Waals surface area contributed by atoms with Crippen molar-refractivity contribution >= 4 is 5.96 Å². The van der Waals surface area contributed by atoms with Gasteiger partial charge in [0.2, 0.25) is 5.75 Å². The van der Waals surface area contributed by atoms with Crippen LogP contribution in [0.4, 0.5) is 0 Å². The molecule has 0 radical (unpaired) electrons. The number of hydrogen-bond donors (Lipinski definition) is 2. The lowest BCUT2D eigenvalue weighted by Gasteiger charge is -2.24. The molecular weight excluding hydrogens is 398 g/mol. The lowest BCUT2D eigenvalue weighted by Crippen LogP contribution is -2.43. The molecule has 1 atom stereocenters. The van der Waals surface area contributed by atoms with E-state index in [0.717, 1.165) is 49.7 Å². The highest BCUT2D eigenvalue weighted by molar-refractivity contribution is 5.79. The zero-order valence-electron chi connectivity index (χ0n) is 18.6. The topological polar surface area (TPSA) is 86.5 Å². The van der Waals surface area contributed by atoms with Crippen LogP contribution in [0.1, 0.15) is 30.6 Å². The normalized spacial score (nSPS) is 16.6. The number of methoxy groups -OCH3 is 3. The van der Waals surface area contributed by atoms with Crippen LogP contribution in [0.25, 0.3) is 0 Å². The summed E-state index contributed by atoms with van der Waals surface area (Å²) < 4.78 is 27.5. The van der Waals surface area contributed by atoms with Gasteiger partial charge in [-0.15, -0.1) is 0 Å². The Morgan fingerprint density at radius 3 is 2.52 bits per heavy atom. The van der Waals surface area contributed by atoms with Crippen molar-refractivity contribution in [1.29, 1.82) is 0 Å². The lowest BCUT2D eigenvalue weighted by atomic mass is 10.1. The van der Waals surface area contributed by atoms with Gasteiger partial charge in [0.05, 0.1) is 40.2 Å². The Morgan fingerprint density at radius 2 is 1.90 bits per heavy atom. The summed E-state index contributed by atoms with van der Waals surface area (Å²) in [7, 11) is 4.81. The first-order valence-electron chi connectivity index (χ1n) is 10.7. The van der Waals surface area contributed by atoms with Crippen LogP contribution in [0, 0.1) is 0 Å². The molecule has 0 amide bonds. The maximum Gasteiger partial charge on any atom is 0.203 e. The molecule has 31 heavy (non-hydrogen) atoms. The molecule has 1 fully saturated rings. The van der Waals surface area contributed by atoms with Crippen LogP contribution in [0.3, 0.4) is 0 Å². The first-order valence-corrected chi connectivity index (χ1v) is 10.7. The van der Waals surface area contributed by atoms with Gasteiger partial charge in [0.1, 0.15) is 5.76 Å². The van der Waals surface area contributed by atoms with Crippen LogP contribution < -0.4 is 24.8 Å². The molecule has 8 nitrogen and oxygen atoms in total.